The lowest BCUT2D eigenvalue weighted by molar-refractivity contribution is 0.102. The highest BCUT2D eigenvalue weighted by molar-refractivity contribution is 7.07. The molecule has 0 unspecified atom stereocenters. The Morgan fingerprint density at radius 1 is 0.971 bits per heavy atom. The molecule has 0 saturated carbocycles. The van der Waals surface area contributed by atoms with Crippen LogP contribution in [-0.4, -0.2) is 23.9 Å². The Balaban J connectivity index is 1.48. The van der Waals surface area contributed by atoms with Gasteiger partial charge in [-0.25, -0.2) is 4.98 Å². The normalized spacial score (nSPS) is 10.4. The predicted molar refractivity (Wildman–Crippen MR) is 133 cm³/mol. The lowest BCUT2D eigenvalue weighted by atomic mass is 10.1. The van der Waals surface area contributed by atoms with Crippen LogP contribution in [0, 0.1) is 0 Å². The Morgan fingerprint density at radius 2 is 1.76 bits per heavy atom. The summed E-state index contributed by atoms with van der Waals surface area (Å²) in [5, 5.41) is 8.07. The van der Waals surface area contributed by atoms with Crippen LogP contribution in [0.3, 0.4) is 0 Å². The Labute approximate surface area is 205 Å². The number of para-hydroxylation sites is 1. The van der Waals surface area contributed by atoms with Crippen LogP contribution in [0.4, 0.5) is 11.4 Å². The van der Waals surface area contributed by atoms with Crippen LogP contribution < -0.4 is 20.1 Å². The van der Waals surface area contributed by atoms with Crippen molar-refractivity contribution in [3.05, 3.63) is 99.5 Å². The number of ether oxygens (including phenoxy) is 2. The van der Waals surface area contributed by atoms with Crippen molar-refractivity contribution in [1.29, 1.82) is 0 Å². The minimum absolute atomic E-state index is 0.293. The van der Waals surface area contributed by atoms with E-state index in [0.29, 0.717) is 45.6 Å². The Hall–Kier alpha value is -3.88. The molecule has 2 amide bonds. The van der Waals surface area contributed by atoms with E-state index in [0.717, 1.165) is 5.69 Å². The first-order valence-corrected chi connectivity index (χ1v) is 11.5. The van der Waals surface area contributed by atoms with Gasteiger partial charge in [0.05, 0.1) is 29.6 Å². The van der Waals surface area contributed by atoms with Gasteiger partial charge in [-0.15, -0.1) is 11.3 Å². The van der Waals surface area contributed by atoms with E-state index in [1.54, 1.807) is 72.2 Å². The molecular formula is C25H20ClN3O4S. The maximum absolute atomic E-state index is 12.9. The summed E-state index contributed by atoms with van der Waals surface area (Å²) in [7, 11) is 1.50. The number of rotatable bonds is 8. The second kappa shape index (κ2) is 10.8. The van der Waals surface area contributed by atoms with Crippen molar-refractivity contribution in [2.75, 3.05) is 17.7 Å². The molecule has 4 rings (SSSR count). The van der Waals surface area contributed by atoms with Crippen LogP contribution in [0.2, 0.25) is 5.02 Å². The molecule has 0 atom stereocenters. The van der Waals surface area contributed by atoms with Gasteiger partial charge in [-0.2, -0.15) is 0 Å². The van der Waals surface area contributed by atoms with E-state index >= 15 is 0 Å². The van der Waals surface area contributed by atoms with Crippen molar-refractivity contribution >= 4 is 46.1 Å². The molecule has 0 bridgehead atoms. The van der Waals surface area contributed by atoms with Crippen LogP contribution >= 0.6 is 22.9 Å². The van der Waals surface area contributed by atoms with Gasteiger partial charge >= 0.3 is 0 Å². The summed E-state index contributed by atoms with van der Waals surface area (Å²) in [6.45, 7) is 0.293. The molecule has 7 nitrogen and oxygen atoms in total. The molecule has 34 heavy (non-hydrogen) atoms. The molecule has 0 fully saturated rings. The first-order valence-electron chi connectivity index (χ1n) is 10.2. The Bertz CT molecular complexity index is 1290. The van der Waals surface area contributed by atoms with Gasteiger partial charge in [0.2, 0.25) is 0 Å². The van der Waals surface area contributed by atoms with Crippen molar-refractivity contribution in [3.8, 4) is 11.5 Å². The van der Waals surface area contributed by atoms with Crippen LogP contribution in [0.15, 0.2) is 77.6 Å². The molecule has 0 radical (unpaired) electrons. The van der Waals surface area contributed by atoms with E-state index in [9.17, 15) is 9.59 Å². The minimum atomic E-state index is -0.393. The third kappa shape index (κ3) is 5.72. The molecule has 4 aromatic rings. The number of nitrogens with one attached hydrogen (secondary N) is 2. The Kier molecular flexibility index (Phi) is 7.41. The number of carbonyl (C=O) groups is 2. The van der Waals surface area contributed by atoms with Gasteiger partial charge in [0.25, 0.3) is 11.8 Å². The number of halogens is 1. The molecule has 2 N–H and O–H groups in total. The summed E-state index contributed by atoms with van der Waals surface area (Å²) in [5.41, 5.74) is 4.18. The highest BCUT2D eigenvalue weighted by atomic mass is 35.5. The number of hydrogen-bond acceptors (Lipinski definition) is 6. The van der Waals surface area contributed by atoms with Crippen LogP contribution in [-0.2, 0) is 6.61 Å². The van der Waals surface area contributed by atoms with Crippen LogP contribution in [0.1, 0.15) is 26.4 Å². The number of nitrogens with zero attached hydrogens (tertiary/aromatic N) is 1. The van der Waals surface area contributed by atoms with Crippen LogP contribution in [0.5, 0.6) is 11.5 Å². The van der Waals surface area contributed by atoms with Crippen molar-refractivity contribution in [2.45, 2.75) is 6.61 Å². The molecule has 0 aliphatic carbocycles. The van der Waals surface area contributed by atoms with Crippen molar-refractivity contribution < 1.29 is 19.1 Å². The molecule has 0 aliphatic rings. The summed E-state index contributed by atoms with van der Waals surface area (Å²) < 4.78 is 11.2. The number of aromatic nitrogens is 1. The minimum Gasteiger partial charge on any atom is -0.493 e. The molecule has 1 aromatic heterocycles. The monoisotopic (exact) mass is 493 g/mol. The zero-order valence-electron chi connectivity index (χ0n) is 18.1. The number of hydrogen-bond donors (Lipinski definition) is 2. The van der Waals surface area contributed by atoms with Crippen molar-refractivity contribution in [3.63, 3.8) is 0 Å². The lowest BCUT2D eigenvalue weighted by Crippen LogP contribution is -2.18. The number of anilines is 2. The van der Waals surface area contributed by atoms with Crippen LogP contribution in [0.25, 0.3) is 0 Å². The van der Waals surface area contributed by atoms with E-state index < -0.39 is 5.91 Å². The third-order valence-corrected chi connectivity index (χ3v) is 5.69. The molecule has 0 saturated heterocycles. The molecular weight excluding hydrogens is 474 g/mol. The zero-order valence-corrected chi connectivity index (χ0v) is 19.7. The summed E-state index contributed by atoms with van der Waals surface area (Å²) in [6.07, 6.45) is 0. The number of amides is 2. The number of benzene rings is 3. The molecule has 9 heteroatoms. The lowest BCUT2D eigenvalue weighted by Gasteiger charge is -2.13. The van der Waals surface area contributed by atoms with Gasteiger partial charge in [-0.1, -0.05) is 23.7 Å². The van der Waals surface area contributed by atoms with Gasteiger partial charge in [-0.3, -0.25) is 9.59 Å². The topological polar surface area (TPSA) is 89.5 Å². The van der Waals surface area contributed by atoms with E-state index in [-0.39, 0.29) is 5.91 Å². The zero-order chi connectivity index (χ0) is 23.9. The standard InChI is InChI=1S/C25H20ClN3O4S/c1-32-23-12-16(6-11-22(23)33-13-19-14-34-15-27-19)24(30)29-21-5-3-2-4-20(21)25(31)28-18-9-7-17(26)8-10-18/h2-12,14-15H,13H2,1H3,(H,28,31)(H,29,30). The van der Waals surface area contributed by atoms with E-state index in [4.69, 9.17) is 21.1 Å². The molecule has 172 valence electrons. The fraction of sp³-hybridized carbons (Fsp3) is 0.0800. The first kappa shape index (κ1) is 23.3. The fourth-order valence-corrected chi connectivity index (χ4v) is 3.77. The first-order chi connectivity index (χ1) is 16.5. The number of carbonyl (C=O) groups excluding carboxylic acids is 2. The quantitative estimate of drug-likeness (QED) is 0.319. The average Bonchev–Trinajstić information content (AvgIpc) is 3.38. The smallest absolute Gasteiger partial charge is 0.257 e. The summed E-state index contributed by atoms with van der Waals surface area (Å²) in [6, 6.07) is 18.4. The summed E-state index contributed by atoms with van der Waals surface area (Å²) in [5.74, 6) is 0.157. The average molecular weight is 494 g/mol. The molecule has 0 spiro atoms. The highest BCUT2D eigenvalue weighted by Crippen LogP contribution is 2.29. The second-order valence-corrected chi connectivity index (χ2v) is 8.25. The van der Waals surface area contributed by atoms with Gasteiger partial charge in [0.1, 0.15) is 6.61 Å². The van der Waals surface area contributed by atoms with E-state index in [1.807, 2.05) is 5.38 Å². The van der Waals surface area contributed by atoms with Gasteiger partial charge < -0.3 is 20.1 Å². The second-order valence-electron chi connectivity index (χ2n) is 7.09. The fourth-order valence-electron chi connectivity index (χ4n) is 3.10. The van der Waals surface area contributed by atoms with Gasteiger partial charge in [0, 0.05) is 21.7 Å². The van der Waals surface area contributed by atoms with Crippen molar-refractivity contribution in [1.82, 2.24) is 4.98 Å². The molecule has 1 heterocycles. The number of thiazole rings is 1. The van der Waals surface area contributed by atoms with Crippen molar-refractivity contribution in [2.24, 2.45) is 0 Å². The largest absolute Gasteiger partial charge is 0.493 e. The SMILES string of the molecule is COc1cc(C(=O)Nc2ccccc2C(=O)Nc2ccc(Cl)cc2)ccc1OCc1cscn1. The number of methoxy groups -OCH3 is 1. The van der Waals surface area contributed by atoms with E-state index in [2.05, 4.69) is 15.6 Å². The maximum Gasteiger partial charge on any atom is 0.257 e. The molecule has 3 aromatic carbocycles. The summed E-state index contributed by atoms with van der Waals surface area (Å²) >= 11 is 7.39. The van der Waals surface area contributed by atoms with E-state index in [1.165, 1.54) is 18.4 Å². The van der Waals surface area contributed by atoms with Gasteiger partial charge in [0.15, 0.2) is 11.5 Å². The summed E-state index contributed by atoms with van der Waals surface area (Å²) in [4.78, 5) is 29.9. The highest BCUT2D eigenvalue weighted by Gasteiger charge is 2.16. The Morgan fingerprint density at radius 3 is 2.50 bits per heavy atom. The third-order valence-electron chi connectivity index (χ3n) is 4.81. The maximum atomic E-state index is 12.9. The van der Waals surface area contributed by atoms with Gasteiger partial charge in [-0.05, 0) is 54.6 Å². The predicted octanol–water partition coefficient (Wildman–Crippen LogP) is 5.89. The molecule has 0 aliphatic heterocycles.